The van der Waals surface area contributed by atoms with Gasteiger partial charge < -0.3 is 10.5 Å². The third-order valence-corrected chi connectivity index (χ3v) is 3.73. The van der Waals surface area contributed by atoms with E-state index in [1.165, 1.54) is 7.11 Å². The third kappa shape index (κ3) is 2.38. The number of hydrogen-bond donors (Lipinski definition) is 1. The summed E-state index contributed by atoms with van der Waals surface area (Å²) < 4.78 is 19.2. The summed E-state index contributed by atoms with van der Waals surface area (Å²) in [6, 6.07) is 3.60. The van der Waals surface area contributed by atoms with Gasteiger partial charge in [0.2, 0.25) is 0 Å². The maximum atomic E-state index is 13.7. The second-order valence-corrected chi connectivity index (χ2v) is 5.27. The van der Waals surface area contributed by atoms with E-state index in [0.717, 1.165) is 31.2 Å². The predicted molar refractivity (Wildman–Crippen MR) is 65.1 cm³/mol. The van der Waals surface area contributed by atoms with Crippen molar-refractivity contribution in [1.29, 1.82) is 0 Å². The van der Waals surface area contributed by atoms with Crippen molar-refractivity contribution in [2.24, 2.45) is 5.73 Å². The second-order valence-electron chi connectivity index (χ2n) is 4.42. The Labute approximate surface area is 103 Å². The SMILES string of the molecule is COc1c(CCC2(N)CC2)ccc(Br)c1F. The number of aryl methyl sites for hydroxylation is 1. The van der Waals surface area contributed by atoms with Gasteiger partial charge in [-0.3, -0.25) is 0 Å². The van der Waals surface area contributed by atoms with Crippen molar-refractivity contribution in [3.05, 3.63) is 28.0 Å². The lowest BCUT2D eigenvalue weighted by molar-refractivity contribution is 0.378. The molecule has 2 nitrogen and oxygen atoms in total. The minimum atomic E-state index is -0.332. The third-order valence-electron chi connectivity index (χ3n) is 3.12. The normalized spacial score (nSPS) is 17.2. The van der Waals surface area contributed by atoms with Crippen LogP contribution < -0.4 is 10.5 Å². The monoisotopic (exact) mass is 287 g/mol. The molecule has 88 valence electrons. The lowest BCUT2D eigenvalue weighted by Gasteiger charge is -2.12. The average Bonchev–Trinajstić information content (AvgIpc) is 2.99. The number of nitrogens with two attached hydrogens (primary N) is 1. The number of rotatable bonds is 4. The van der Waals surface area contributed by atoms with E-state index in [9.17, 15) is 4.39 Å². The molecule has 0 heterocycles. The summed E-state index contributed by atoms with van der Waals surface area (Å²) in [6.07, 6.45) is 3.82. The minimum Gasteiger partial charge on any atom is -0.493 e. The molecule has 1 saturated carbocycles. The zero-order chi connectivity index (χ0) is 11.8. The Morgan fingerprint density at radius 3 is 2.75 bits per heavy atom. The van der Waals surface area contributed by atoms with Gasteiger partial charge in [-0.25, -0.2) is 4.39 Å². The molecule has 0 amide bonds. The van der Waals surface area contributed by atoms with Crippen LogP contribution in [0.2, 0.25) is 0 Å². The molecule has 16 heavy (non-hydrogen) atoms. The Hall–Kier alpha value is -0.610. The maximum Gasteiger partial charge on any atom is 0.179 e. The minimum absolute atomic E-state index is 0.00540. The van der Waals surface area contributed by atoms with E-state index in [0.29, 0.717) is 10.2 Å². The summed E-state index contributed by atoms with van der Waals surface area (Å²) in [5, 5.41) is 0. The molecule has 4 heteroatoms. The largest absolute Gasteiger partial charge is 0.493 e. The lowest BCUT2D eigenvalue weighted by atomic mass is 10.0. The highest BCUT2D eigenvalue weighted by atomic mass is 79.9. The van der Waals surface area contributed by atoms with Gasteiger partial charge >= 0.3 is 0 Å². The molecule has 0 aliphatic heterocycles. The summed E-state index contributed by atoms with van der Waals surface area (Å²) in [6.45, 7) is 0. The summed E-state index contributed by atoms with van der Waals surface area (Å²) >= 11 is 3.14. The van der Waals surface area contributed by atoms with Crippen LogP contribution in [0.5, 0.6) is 5.75 Å². The quantitative estimate of drug-likeness (QED) is 0.924. The van der Waals surface area contributed by atoms with Crippen molar-refractivity contribution >= 4 is 15.9 Å². The van der Waals surface area contributed by atoms with Gasteiger partial charge in [0.15, 0.2) is 11.6 Å². The smallest absolute Gasteiger partial charge is 0.179 e. The fourth-order valence-electron chi connectivity index (χ4n) is 1.78. The van der Waals surface area contributed by atoms with Crippen molar-refractivity contribution in [3.63, 3.8) is 0 Å². The van der Waals surface area contributed by atoms with Crippen LogP contribution in [0.4, 0.5) is 4.39 Å². The summed E-state index contributed by atoms with van der Waals surface area (Å²) in [5.41, 5.74) is 6.89. The molecule has 1 aliphatic rings. The lowest BCUT2D eigenvalue weighted by Crippen LogP contribution is -2.22. The molecule has 1 aromatic carbocycles. The van der Waals surface area contributed by atoms with Crippen LogP contribution in [0, 0.1) is 5.82 Å². The molecule has 2 rings (SSSR count). The van der Waals surface area contributed by atoms with Gasteiger partial charge in [-0.2, -0.15) is 0 Å². The van der Waals surface area contributed by atoms with Crippen molar-refractivity contribution in [3.8, 4) is 5.75 Å². The molecule has 0 aromatic heterocycles. The average molecular weight is 288 g/mol. The van der Waals surface area contributed by atoms with Gasteiger partial charge in [0.25, 0.3) is 0 Å². The van der Waals surface area contributed by atoms with E-state index in [4.69, 9.17) is 10.5 Å². The Morgan fingerprint density at radius 1 is 1.50 bits per heavy atom. The zero-order valence-corrected chi connectivity index (χ0v) is 10.8. The van der Waals surface area contributed by atoms with Crippen molar-refractivity contribution in [1.82, 2.24) is 0 Å². The zero-order valence-electron chi connectivity index (χ0n) is 9.22. The predicted octanol–water partition coefficient (Wildman–Crippen LogP) is 3.02. The Balaban J connectivity index is 2.16. The summed E-state index contributed by atoms with van der Waals surface area (Å²) in [5.74, 6) is 0.000457. The van der Waals surface area contributed by atoms with E-state index in [-0.39, 0.29) is 11.4 Å². The Kier molecular flexibility index (Phi) is 3.22. The van der Waals surface area contributed by atoms with Gasteiger partial charge in [-0.05, 0) is 53.2 Å². The van der Waals surface area contributed by atoms with E-state index in [1.54, 1.807) is 6.07 Å². The van der Waals surface area contributed by atoms with Crippen molar-refractivity contribution in [2.75, 3.05) is 7.11 Å². The first-order valence-corrected chi connectivity index (χ1v) is 6.15. The fourth-order valence-corrected chi connectivity index (χ4v) is 2.10. The van der Waals surface area contributed by atoms with Gasteiger partial charge in [-0.15, -0.1) is 0 Å². The van der Waals surface area contributed by atoms with Crippen LogP contribution >= 0.6 is 15.9 Å². The van der Waals surface area contributed by atoms with Crippen LogP contribution in [0.25, 0.3) is 0 Å². The highest BCUT2D eigenvalue weighted by Crippen LogP contribution is 2.38. The van der Waals surface area contributed by atoms with Crippen molar-refractivity contribution < 1.29 is 9.13 Å². The molecule has 0 radical (unpaired) electrons. The summed E-state index contributed by atoms with van der Waals surface area (Å²) in [7, 11) is 1.49. The number of ether oxygens (including phenoxy) is 1. The van der Waals surface area contributed by atoms with E-state index in [2.05, 4.69) is 15.9 Å². The first-order valence-electron chi connectivity index (χ1n) is 5.35. The molecule has 1 fully saturated rings. The van der Waals surface area contributed by atoms with E-state index >= 15 is 0 Å². The van der Waals surface area contributed by atoms with Gasteiger partial charge in [0.05, 0.1) is 11.6 Å². The van der Waals surface area contributed by atoms with Crippen LogP contribution in [-0.4, -0.2) is 12.6 Å². The highest BCUT2D eigenvalue weighted by molar-refractivity contribution is 9.10. The number of methoxy groups -OCH3 is 1. The molecule has 1 aliphatic carbocycles. The van der Waals surface area contributed by atoms with Crippen LogP contribution in [0.3, 0.4) is 0 Å². The highest BCUT2D eigenvalue weighted by Gasteiger charge is 2.37. The first kappa shape index (κ1) is 11.9. The molecular formula is C12H15BrFNO. The van der Waals surface area contributed by atoms with Crippen LogP contribution in [-0.2, 0) is 6.42 Å². The topological polar surface area (TPSA) is 35.2 Å². The second kappa shape index (κ2) is 4.34. The van der Waals surface area contributed by atoms with Crippen LogP contribution in [0.1, 0.15) is 24.8 Å². The molecule has 0 spiro atoms. The molecule has 0 saturated heterocycles. The van der Waals surface area contributed by atoms with Gasteiger partial charge in [0.1, 0.15) is 0 Å². The maximum absolute atomic E-state index is 13.7. The standard InChI is InChI=1S/C12H15BrFNO/c1-16-11-8(2-3-9(13)10(11)14)4-5-12(15)6-7-12/h2-3H,4-7,15H2,1H3. The fraction of sp³-hybridized carbons (Fsp3) is 0.500. The van der Waals surface area contributed by atoms with Gasteiger partial charge in [0, 0.05) is 5.54 Å². The number of hydrogen-bond acceptors (Lipinski definition) is 2. The van der Waals surface area contributed by atoms with Crippen molar-refractivity contribution in [2.45, 2.75) is 31.2 Å². The Morgan fingerprint density at radius 2 is 2.19 bits per heavy atom. The number of benzene rings is 1. The van der Waals surface area contributed by atoms with Gasteiger partial charge in [-0.1, -0.05) is 6.07 Å². The Bertz CT molecular complexity index is 404. The molecule has 0 unspecified atom stereocenters. The molecular weight excluding hydrogens is 273 g/mol. The van der Waals surface area contributed by atoms with E-state index in [1.807, 2.05) is 6.07 Å². The molecule has 0 atom stereocenters. The summed E-state index contributed by atoms with van der Waals surface area (Å²) in [4.78, 5) is 0. The first-order chi connectivity index (χ1) is 7.56. The molecule has 1 aromatic rings. The molecule has 2 N–H and O–H groups in total. The molecule has 0 bridgehead atoms. The van der Waals surface area contributed by atoms with Crippen LogP contribution in [0.15, 0.2) is 16.6 Å². The number of halogens is 2. The van der Waals surface area contributed by atoms with E-state index < -0.39 is 0 Å².